The first-order valence-corrected chi connectivity index (χ1v) is 15.2. The molecule has 0 aliphatic carbocycles. The maximum Gasteiger partial charge on any atom is 0.417 e. The molecule has 13 heteroatoms. The molecule has 1 aromatic rings. The molecule has 2 saturated heterocycles. The monoisotopic (exact) mass is 587 g/mol. The van der Waals surface area contributed by atoms with Crippen molar-refractivity contribution in [3.8, 4) is 6.07 Å². The number of hydrogen-bond acceptors (Lipinski definition) is 6. The van der Waals surface area contributed by atoms with Crippen LogP contribution in [0.4, 0.5) is 18.9 Å². The summed E-state index contributed by atoms with van der Waals surface area (Å²) in [5.41, 5.74) is -2.63. The summed E-state index contributed by atoms with van der Waals surface area (Å²) in [4.78, 5) is 18.4. The van der Waals surface area contributed by atoms with Crippen LogP contribution in [-0.2, 0) is 21.0 Å². The van der Waals surface area contributed by atoms with Gasteiger partial charge in [0.1, 0.15) is 5.54 Å². The zero-order valence-electron chi connectivity index (χ0n) is 22.6. The molecule has 39 heavy (non-hydrogen) atoms. The van der Waals surface area contributed by atoms with Crippen LogP contribution >= 0.6 is 12.2 Å². The summed E-state index contributed by atoms with van der Waals surface area (Å²) in [5, 5.41) is 9.22. The number of nitriles is 1. The number of rotatable bonds is 11. The molecule has 1 aromatic carbocycles. The molecule has 8 nitrogen and oxygen atoms in total. The zero-order valence-corrected chi connectivity index (χ0v) is 24.3. The Morgan fingerprint density at radius 2 is 1.67 bits per heavy atom. The van der Waals surface area contributed by atoms with E-state index in [9.17, 15) is 26.4 Å². The van der Waals surface area contributed by atoms with Gasteiger partial charge in [-0.05, 0) is 70.1 Å². The largest absolute Gasteiger partial charge is 0.417 e. The van der Waals surface area contributed by atoms with E-state index >= 15 is 0 Å². The maximum absolute atomic E-state index is 13.5. The minimum absolute atomic E-state index is 0.00510. The summed E-state index contributed by atoms with van der Waals surface area (Å²) in [6, 6.07) is 4.74. The van der Waals surface area contributed by atoms with Crippen LogP contribution in [0.15, 0.2) is 18.2 Å². The lowest BCUT2D eigenvalue weighted by molar-refractivity contribution is -0.137. The Balaban J connectivity index is 1.50. The van der Waals surface area contributed by atoms with Gasteiger partial charge in [-0.2, -0.15) is 22.7 Å². The Labute approximate surface area is 234 Å². The van der Waals surface area contributed by atoms with Gasteiger partial charge in [-0.1, -0.05) is 19.8 Å². The lowest BCUT2D eigenvalue weighted by atomic mass is 10.0. The zero-order chi connectivity index (χ0) is 29.0. The number of hydrogen-bond donors (Lipinski definition) is 0. The molecule has 0 radical (unpaired) electrons. The number of carbonyl (C=O) groups is 1. The summed E-state index contributed by atoms with van der Waals surface area (Å²) in [6.07, 6.45) is -0.550. The van der Waals surface area contributed by atoms with Crippen molar-refractivity contribution in [1.82, 2.24) is 14.1 Å². The Morgan fingerprint density at radius 3 is 2.23 bits per heavy atom. The number of unbranched alkanes of at least 4 members (excludes halogenated alkanes) is 3. The summed E-state index contributed by atoms with van der Waals surface area (Å²) >= 11 is 5.54. The number of carbonyl (C=O) groups excluding carboxylic acids is 1. The molecule has 3 rings (SSSR count). The van der Waals surface area contributed by atoms with Gasteiger partial charge in [-0.25, -0.2) is 8.42 Å². The quantitative estimate of drug-likeness (QED) is 0.283. The van der Waals surface area contributed by atoms with Gasteiger partial charge in [0, 0.05) is 32.7 Å². The molecule has 216 valence electrons. The van der Waals surface area contributed by atoms with E-state index in [1.165, 1.54) is 6.07 Å². The number of thiocarbonyl (C=S) groups is 1. The van der Waals surface area contributed by atoms with Crippen molar-refractivity contribution in [1.29, 1.82) is 5.26 Å². The molecular weight excluding hydrogens is 551 g/mol. The molecule has 0 saturated carbocycles. The Morgan fingerprint density at radius 1 is 1.05 bits per heavy atom. The summed E-state index contributed by atoms with van der Waals surface area (Å²) in [5.74, 6) is -0.221. The number of amides is 1. The van der Waals surface area contributed by atoms with Crippen molar-refractivity contribution < 1.29 is 26.4 Å². The van der Waals surface area contributed by atoms with Gasteiger partial charge in [0.05, 0.1) is 28.6 Å². The van der Waals surface area contributed by atoms with E-state index in [0.717, 1.165) is 62.4 Å². The van der Waals surface area contributed by atoms with Crippen molar-refractivity contribution in [3.63, 3.8) is 0 Å². The van der Waals surface area contributed by atoms with Gasteiger partial charge in [-0.15, -0.1) is 0 Å². The van der Waals surface area contributed by atoms with E-state index in [4.69, 9.17) is 17.5 Å². The minimum Gasteiger partial charge on any atom is -0.334 e. The molecule has 0 unspecified atom stereocenters. The third kappa shape index (κ3) is 7.09. The molecule has 2 aliphatic heterocycles. The molecule has 0 atom stereocenters. The van der Waals surface area contributed by atoms with Crippen LogP contribution in [0.2, 0.25) is 0 Å². The highest BCUT2D eigenvalue weighted by atomic mass is 32.2. The van der Waals surface area contributed by atoms with Gasteiger partial charge in [0.15, 0.2) is 5.11 Å². The number of benzene rings is 1. The van der Waals surface area contributed by atoms with E-state index < -0.39 is 38.8 Å². The number of anilines is 1. The number of nitrogens with zero attached hydrogens (tertiary/aromatic N) is 5. The first kappa shape index (κ1) is 31.3. The van der Waals surface area contributed by atoms with Crippen molar-refractivity contribution >= 4 is 38.9 Å². The number of alkyl halides is 3. The van der Waals surface area contributed by atoms with Crippen molar-refractivity contribution in [2.75, 3.05) is 49.9 Å². The first-order chi connectivity index (χ1) is 18.2. The normalized spacial score (nSPS) is 19.1. The molecule has 1 amide bonds. The highest BCUT2D eigenvalue weighted by Gasteiger charge is 2.49. The van der Waals surface area contributed by atoms with Gasteiger partial charge in [-0.3, -0.25) is 9.69 Å². The molecule has 0 N–H and O–H groups in total. The van der Waals surface area contributed by atoms with Crippen LogP contribution in [0, 0.1) is 11.3 Å². The second kappa shape index (κ2) is 12.5. The minimum atomic E-state index is -4.74. The lowest BCUT2D eigenvalue weighted by Gasteiger charge is -2.34. The SMILES string of the molecule is CCCS(=O)(=O)N1CCN(CCCCCCN2C(=S)N(c3ccc(C#N)c(C(F)(F)F)c3)C(=O)C2(C)C)CC1. The van der Waals surface area contributed by atoms with E-state index in [-0.39, 0.29) is 16.6 Å². The summed E-state index contributed by atoms with van der Waals surface area (Å²) in [6.45, 7) is 9.16. The first-order valence-electron chi connectivity index (χ1n) is 13.2. The lowest BCUT2D eigenvalue weighted by Crippen LogP contribution is -2.49. The number of piperazine rings is 1. The van der Waals surface area contributed by atoms with Gasteiger partial charge < -0.3 is 9.80 Å². The van der Waals surface area contributed by atoms with Gasteiger partial charge in [0.2, 0.25) is 10.0 Å². The van der Waals surface area contributed by atoms with E-state index in [1.807, 2.05) is 6.92 Å². The van der Waals surface area contributed by atoms with Gasteiger partial charge in [0.25, 0.3) is 5.91 Å². The molecule has 0 spiro atoms. The van der Waals surface area contributed by atoms with Crippen molar-refractivity contribution in [2.45, 2.75) is 64.6 Å². The standard InChI is InChI=1S/C26H36F3N5O3S2/c1-4-17-39(36,37)32-15-13-31(14-16-32)11-7-5-6-8-12-33-24(38)34(23(35)25(33,2)3)21-10-9-20(19-30)22(18-21)26(27,28)29/h9-10,18H,4-8,11-17H2,1-3H3. The molecular formula is C26H36F3N5O3S2. The van der Waals surface area contributed by atoms with E-state index in [0.29, 0.717) is 26.1 Å². The second-order valence-corrected chi connectivity index (χ2v) is 12.9. The van der Waals surface area contributed by atoms with Crippen LogP contribution in [0.25, 0.3) is 0 Å². The molecule has 2 heterocycles. The second-order valence-electron chi connectivity index (χ2n) is 10.4. The third-order valence-electron chi connectivity index (χ3n) is 7.30. The predicted octanol–water partition coefficient (Wildman–Crippen LogP) is 4.21. The fraction of sp³-hybridized carbons (Fsp3) is 0.654. The van der Waals surface area contributed by atoms with Crippen molar-refractivity contribution in [2.24, 2.45) is 0 Å². The predicted molar refractivity (Wildman–Crippen MR) is 148 cm³/mol. The number of halogens is 3. The summed E-state index contributed by atoms with van der Waals surface area (Å²) in [7, 11) is -3.15. The van der Waals surface area contributed by atoms with Crippen LogP contribution in [0.1, 0.15) is 64.0 Å². The average molecular weight is 588 g/mol. The Kier molecular flexibility index (Phi) is 10.0. The third-order valence-corrected chi connectivity index (χ3v) is 9.78. The fourth-order valence-corrected chi connectivity index (χ4v) is 7.02. The maximum atomic E-state index is 13.5. The van der Waals surface area contributed by atoms with Crippen molar-refractivity contribution in [3.05, 3.63) is 29.3 Å². The molecule has 2 fully saturated rings. The fourth-order valence-electron chi connectivity index (χ4n) is 5.02. The van der Waals surface area contributed by atoms with E-state index in [2.05, 4.69) is 4.90 Å². The highest BCUT2D eigenvalue weighted by Crippen LogP contribution is 2.38. The number of sulfonamides is 1. The average Bonchev–Trinajstić information content (AvgIpc) is 3.04. The van der Waals surface area contributed by atoms with Crippen LogP contribution < -0.4 is 4.90 Å². The smallest absolute Gasteiger partial charge is 0.334 e. The molecule has 2 aliphatic rings. The Bertz CT molecular complexity index is 1210. The topological polar surface area (TPSA) is 88.0 Å². The van der Waals surface area contributed by atoms with Gasteiger partial charge >= 0.3 is 6.18 Å². The van der Waals surface area contributed by atoms with Crippen LogP contribution in [0.5, 0.6) is 0 Å². The molecule has 0 aromatic heterocycles. The van der Waals surface area contributed by atoms with Crippen LogP contribution in [-0.4, -0.2) is 84.1 Å². The molecule has 0 bridgehead atoms. The Hall–Kier alpha value is -2.27. The highest BCUT2D eigenvalue weighted by molar-refractivity contribution is 7.89. The van der Waals surface area contributed by atoms with Crippen LogP contribution in [0.3, 0.4) is 0 Å². The summed E-state index contributed by atoms with van der Waals surface area (Å²) < 4.78 is 66.5. The van der Waals surface area contributed by atoms with E-state index in [1.54, 1.807) is 29.1 Å².